The van der Waals surface area contributed by atoms with Crippen LogP contribution < -0.4 is 21.5 Å². The first kappa shape index (κ1) is 32.1. The number of piperidine rings is 2. The van der Waals surface area contributed by atoms with Gasteiger partial charge in [0.15, 0.2) is 9.84 Å². The van der Waals surface area contributed by atoms with Crippen molar-refractivity contribution in [1.29, 1.82) is 0 Å². The number of imidazole rings is 1. The number of aryl methyl sites for hydroxylation is 1. The monoisotopic (exact) mass is 615 g/mol. The quantitative estimate of drug-likeness (QED) is 0.321. The first-order chi connectivity index (χ1) is 20.4. The van der Waals surface area contributed by atoms with Gasteiger partial charge in [0, 0.05) is 38.0 Å². The number of aromatic nitrogens is 3. The van der Waals surface area contributed by atoms with Crippen molar-refractivity contribution in [3.63, 3.8) is 0 Å². The highest BCUT2D eigenvalue weighted by molar-refractivity contribution is 7.93. The lowest BCUT2D eigenvalue weighted by atomic mass is 9.80. The van der Waals surface area contributed by atoms with Crippen LogP contribution in [0.25, 0.3) is 0 Å². The third-order valence-corrected chi connectivity index (χ3v) is 8.78. The number of rotatable bonds is 12. The van der Waals surface area contributed by atoms with Crippen LogP contribution in [0.5, 0.6) is 0 Å². The number of pyridine rings is 1. The number of sulfone groups is 1. The normalized spacial score (nSPS) is 22.6. The second-order valence-electron chi connectivity index (χ2n) is 11.5. The van der Waals surface area contributed by atoms with Gasteiger partial charge in [0.2, 0.25) is 11.8 Å². The van der Waals surface area contributed by atoms with E-state index in [1.807, 2.05) is 0 Å². The lowest BCUT2D eigenvalue weighted by molar-refractivity contribution is -0.126. The van der Waals surface area contributed by atoms with Crippen LogP contribution in [-0.4, -0.2) is 76.7 Å². The van der Waals surface area contributed by atoms with Gasteiger partial charge in [-0.05, 0) is 56.1 Å². The Morgan fingerprint density at radius 2 is 2.05 bits per heavy atom. The number of fused-ring (bicyclic) bond motifs is 2. The summed E-state index contributed by atoms with van der Waals surface area (Å²) < 4.78 is 25.6. The van der Waals surface area contributed by atoms with E-state index in [1.54, 1.807) is 13.1 Å². The van der Waals surface area contributed by atoms with Crippen LogP contribution in [0.3, 0.4) is 0 Å². The van der Waals surface area contributed by atoms with Crippen LogP contribution in [0.4, 0.5) is 5.69 Å². The van der Waals surface area contributed by atoms with Crippen molar-refractivity contribution in [2.24, 2.45) is 18.9 Å². The topological polar surface area (TPSA) is 164 Å². The minimum atomic E-state index is -3.35. The van der Waals surface area contributed by atoms with Gasteiger partial charge in [0.05, 0.1) is 18.7 Å². The molecule has 2 aromatic heterocycles. The third kappa shape index (κ3) is 8.63. The van der Waals surface area contributed by atoms with Crippen LogP contribution in [0.15, 0.2) is 47.1 Å². The molecule has 13 nitrogen and oxygen atoms in total. The molecule has 4 heterocycles. The van der Waals surface area contributed by atoms with Gasteiger partial charge < -0.3 is 25.1 Å². The highest BCUT2D eigenvalue weighted by Crippen LogP contribution is 2.34. The molecule has 0 aliphatic carbocycles. The molecule has 3 amide bonds. The van der Waals surface area contributed by atoms with Gasteiger partial charge in [-0.3, -0.25) is 24.1 Å². The molecule has 2 fully saturated rings. The Balaban J connectivity index is 1.44. The summed E-state index contributed by atoms with van der Waals surface area (Å²) in [5.74, 6) is -0.464. The molecule has 0 aromatic carbocycles. The fourth-order valence-corrected chi connectivity index (χ4v) is 6.41. The predicted octanol–water partition coefficient (Wildman–Crippen LogP) is 1.24. The number of amides is 3. The van der Waals surface area contributed by atoms with Gasteiger partial charge in [-0.1, -0.05) is 19.4 Å². The van der Waals surface area contributed by atoms with Gasteiger partial charge in [0.25, 0.3) is 11.5 Å². The summed E-state index contributed by atoms with van der Waals surface area (Å²) >= 11 is 0. The van der Waals surface area contributed by atoms with Crippen molar-refractivity contribution in [3.05, 3.63) is 58.4 Å². The van der Waals surface area contributed by atoms with Crippen molar-refractivity contribution in [1.82, 2.24) is 29.7 Å². The SMILES string of the molecule is CCC1CC2CCCN(C2)C1NC(=O)Cn1cccc(NC(=O)C(CC/C=C/S(C)(=O)=O)NC(=O)c2cncn2C)c1=O. The van der Waals surface area contributed by atoms with Gasteiger partial charge in [0.1, 0.15) is 24.0 Å². The number of hydrogen-bond acceptors (Lipinski definition) is 8. The summed E-state index contributed by atoms with van der Waals surface area (Å²) in [7, 11) is -1.72. The van der Waals surface area contributed by atoms with Crippen LogP contribution in [0, 0.1) is 11.8 Å². The minimum Gasteiger partial charge on any atom is -0.339 e. The molecule has 0 radical (unpaired) electrons. The summed E-state index contributed by atoms with van der Waals surface area (Å²) in [6, 6.07) is 1.90. The molecule has 5 unspecified atom stereocenters. The summed E-state index contributed by atoms with van der Waals surface area (Å²) in [6.45, 7) is 3.85. The number of anilines is 1. The largest absolute Gasteiger partial charge is 0.339 e. The summed E-state index contributed by atoms with van der Waals surface area (Å²) in [6.07, 6.45) is 11.3. The Morgan fingerprint density at radius 3 is 2.74 bits per heavy atom. The maximum Gasteiger partial charge on any atom is 0.274 e. The zero-order valence-corrected chi connectivity index (χ0v) is 25.7. The Bertz CT molecular complexity index is 1510. The molecule has 0 saturated carbocycles. The van der Waals surface area contributed by atoms with Gasteiger partial charge in [-0.25, -0.2) is 13.4 Å². The maximum atomic E-state index is 13.3. The lowest BCUT2D eigenvalue weighted by Gasteiger charge is -2.48. The second-order valence-corrected chi connectivity index (χ2v) is 13.4. The molecule has 234 valence electrons. The molecule has 3 N–H and O–H groups in total. The van der Waals surface area contributed by atoms with Crippen molar-refractivity contribution >= 4 is 33.2 Å². The highest BCUT2D eigenvalue weighted by atomic mass is 32.2. The molecule has 2 saturated heterocycles. The molecule has 14 heteroatoms. The van der Waals surface area contributed by atoms with E-state index in [0.717, 1.165) is 44.0 Å². The Hall–Kier alpha value is -3.78. The number of carbonyl (C=O) groups excluding carboxylic acids is 3. The van der Waals surface area contributed by atoms with E-state index in [4.69, 9.17) is 0 Å². The fourth-order valence-electron chi connectivity index (χ4n) is 5.92. The summed E-state index contributed by atoms with van der Waals surface area (Å²) in [4.78, 5) is 58.7. The first-order valence-electron chi connectivity index (χ1n) is 14.6. The zero-order valence-electron chi connectivity index (χ0n) is 24.9. The average Bonchev–Trinajstić information content (AvgIpc) is 3.39. The smallest absolute Gasteiger partial charge is 0.274 e. The van der Waals surface area contributed by atoms with E-state index in [-0.39, 0.29) is 42.8 Å². The van der Waals surface area contributed by atoms with Crippen molar-refractivity contribution < 1.29 is 22.8 Å². The summed E-state index contributed by atoms with van der Waals surface area (Å²) in [5, 5.41) is 9.40. The number of allylic oxidation sites excluding steroid dienone is 1. The molecule has 2 aliphatic rings. The number of hydrogen-bond donors (Lipinski definition) is 3. The van der Waals surface area contributed by atoms with Crippen LogP contribution in [0.1, 0.15) is 55.9 Å². The standard InChI is InChI=1S/C29H41N7O6S/c1-4-21-15-20-9-7-12-35(17-20)26(21)33-25(37)18-36-13-8-11-23(29(36)40)32-27(38)22(10-5-6-14-43(3,41)42)31-28(39)24-16-30-19-34(24)2/h6,8,11,13-14,16,19-22,26H,4-5,7,9-10,12,15,17-18H2,1-3H3,(H,31,39)(H,32,38)(H,33,37)/b14-6+. The minimum absolute atomic E-state index is 0.0465. The molecular weight excluding hydrogens is 574 g/mol. The van der Waals surface area contributed by atoms with E-state index in [0.29, 0.717) is 11.8 Å². The van der Waals surface area contributed by atoms with Gasteiger partial charge >= 0.3 is 0 Å². The van der Waals surface area contributed by atoms with Crippen molar-refractivity contribution in [2.45, 2.75) is 64.2 Å². The predicted molar refractivity (Wildman–Crippen MR) is 162 cm³/mol. The molecule has 2 aromatic rings. The lowest BCUT2D eigenvalue weighted by Crippen LogP contribution is -2.59. The maximum absolute atomic E-state index is 13.3. The molecule has 2 aliphatic heterocycles. The fraction of sp³-hybridized carbons (Fsp3) is 0.552. The number of nitrogens with zero attached hydrogens (tertiary/aromatic N) is 4. The Kier molecular flexibility index (Phi) is 10.6. The molecule has 5 atom stereocenters. The highest BCUT2D eigenvalue weighted by Gasteiger charge is 2.38. The van der Waals surface area contributed by atoms with E-state index in [1.165, 1.54) is 46.4 Å². The number of carbonyl (C=O) groups is 3. The second kappa shape index (κ2) is 14.1. The van der Waals surface area contributed by atoms with Crippen LogP contribution in [-0.2, 0) is 33.0 Å². The van der Waals surface area contributed by atoms with Crippen LogP contribution in [0.2, 0.25) is 0 Å². The van der Waals surface area contributed by atoms with Crippen molar-refractivity contribution in [2.75, 3.05) is 24.7 Å². The van der Waals surface area contributed by atoms with E-state index >= 15 is 0 Å². The van der Waals surface area contributed by atoms with Crippen molar-refractivity contribution in [3.8, 4) is 0 Å². The zero-order chi connectivity index (χ0) is 31.1. The third-order valence-electron chi connectivity index (χ3n) is 8.09. The molecule has 4 rings (SSSR count). The Morgan fingerprint density at radius 1 is 1.26 bits per heavy atom. The van der Waals surface area contributed by atoms with E-state index < -0.39 is 33.3 Å². The van der Waals surface area contributed by atoms with Gasteiger partial charge in [-0.2, -0.15) is 0 Å². The summed E-state index contributed by atoms with van der Waals surface area (Å²) in [5.41, 5.74) is -0.385. The molecule has 2 bridgehead atoms. The Labute approximate surface area is 251 Å². The first-order valence-corrected chi connectivity index (χ1v) is 16.6. The van der Waals surface area contributed by atoms with Crippen LogP contribution >= 0.6 is 0 Å². The van der Waals surface area contributed by atoms with Gasteiger partial charge in [-0.15, -0.1) is 0 Å². The molecule has 43 heavy (non-hydrogen) atoms. The molecule has 0 spiro atoms. The number of nitrogens with one attached hydrogen (secondary N) is 3. The average molecular weight is 616 g/mol. The van der Waals surface area contributed by atoms with E-state index in [9.17, 15) is 27.6 Å². The molecular formula is C29H41N7O6S. The van der Waals surface area contributed by atoms with E-state index in [2.05, 4.69) is 32.8 Å².